The van der Waals surface area contributed by atoms with Gasteiger partial charge in [-0.05, 0) is 24.6 Å². The number of nitrogens with zero attached hydrogens (tertiary/aromatic N) is 2. The molecule has 0 saturated heterocycles. The molecule has 0 amide bonds. The summed E-state index contributed by atoms with van der Waals surface area (Å²) in [4.78, 5) is 12.1. The van der Waals surface area contributed by atoms with Gasteiger partial charge in [-0.25, -0.2) is 4.98 Å². The summed E-state index contributed by atoms with van der Waals surface area (Å²) in [6.07, 6.45) is 4.42. The SMILES string of the molecule is Cc1[nH]c(Cc2ccncc2)nc1-c1ccccc1. The zero-order chi connectivity index (χ0) is 13.1. The van der Waals surface area contributed by atoms with Crippen LogP contribution in [0.25, 0.3) is 11.3 Å². The van der Waals surface area contributed by atoms with Gasteiger partial charge in [0.1, 0.15) is 5.82 Å². The third-order valence-corrected chi connectivity index (χ3v) is 3.10. The molecule has 94 valence electrons. The van der Waals surface area contributed by atoms with Crippen molar-refractivity contribution in [2.24, 2.45) is 0 Å². The van der Waals surface area contributed by atoms with Crippen LogP contribution in [0, 0.1) is 6.92 Å². The second kappa shape index (κ2) is 5.06. The summed E-state index contributed by atoms with van der Waals surface area (Å²) in [5.74, 6) is 0.988. The van der Waals surface area contributed by atoms with Crippen molar-refractivity contribution in [3.05, 3.63) is 71.9 Å². The molecule has 2 aromatic heterocycles. The standard InChI is InChI=1S/C16H15N3/c1-12-16(14-5-3-2-4-6-14)19-15(18-12)11-13-7-9-17-10-8-13/h2-10H,11H2,1H3,(H,18,19). The lowest BCUT2D eigenvalue weighted by molar-refractivity contribution is 1.01. The molecule has 0 radical (unpaired) electrons. The second-order valence-corrected chi connectivity index (χ2v) is 4.56. The van der Waals surface area contributed by atoms with Crippen molar-refractivity contribution >= 4 is 0 Å². The average molecular weight is 249 g/mol. The quantitative estimate of drug-likeness (QED) is 0.773. The number of hydrogen-bond acceptors (Lipinski definition) is 2. The molecule has 0 fully saturated rings. The molecule has 2 heterocycles. The molecule has 0 saturated carbocycles. The lowest BCUT2D eigenvalue weighted by Gasteiger charge is -1.97. The van der Waals surface area contributed by atoms with Crippen LogP contribution in [0.1, 0.15) is 17.1 Å². The highest BCUT2D eigenvalue weighted by molar-refractivity contribution is 5.61. The zero-order valence-electron chi connectivity index (χ0n) is 10.8. The summed E-state index contributed by atoms with van der Waals surface area (Å²) in [5, 5.41) is 0. The van der Waals surface area contributed by atoms with Gasteiger partial charge in [0.15, 0.2) is 0 Å². The van der Waals surface area contributed by atoms with Crippen LogP contribution in [0.4, 0.5) is 0 Å². The number of H-pyrrole nitrogens is 1. The van der Waals surface area contributed by atoms with E-state index in [0.717, 1.165) is 29.2 Å². The molecule has 3 rings (SSSR count). The van der Waals surface area contributed by atoms with Gasteiger partial charge in [-0.1, -0.05) is 30.3 Å². The fourth-order valence-corrected chi connectivity index (χ4v) is 2.18. The molecular weight excluding hydrogens is 234 g/mol. The van der Waals surface area contributed by atoms with Gasteiger partial charge in [0.2, 0.25) is 0 Å². The Balaban J connectivity index is 1.90. The Morgan fingerprint density at radius 3 is 2.47 bits per heavy atom. The van der Waals surface area contributed by atoms with E-state index < -0.39 is 0 Å². The third kappa shape index (κ3) is 2.55. The van der Waals surface area contributed by atoms with E-state index in [0.29, 0.717) is 0 Å². The van der Waals surface area contributed by atoms with Gasteiger partial charge in [-0.2, -0.15) is 0 Å². The van der Waals surface area contributed by atoms with E-state index in [2.05, 4.69) is 29.0 Å². The minimum Gasteiger partial charge on any atom is -0.345 e. The highest BCUT2D eigenvalue weighted by atomic mass is 14.9. The van der Waals surface area contributed by atoms with Crippen LogP contribution in [0.15, 0.2) is 54.9 Å². The van der Waals surface area contributed by atoms with Crippen LogP contribution in [0.3, 0.4) is 0 Å². The molecule has 3 nitrogen and oxygen atoms in total. The average Bonchev–Trinajstić information content (AvgIpc) is 2.82. The Morgan fingerprint density at radius 2 is 1.74 bits per heavy atom. The Kier molecular flexibility index (Phi) is 3.11. The summed E-state index contributed by atoms with van der Waals surface area (Å²) in [5.41, 5.74) is 4.50. The molecule has 0 aliphatic rings. The number of benzene rings is 1. The number of hydrogen-bond donors (Lipinski definition) is 1. The summed E-state index contributed by atoms with van der Waals surface area (Å²) < 4.78 is 0. The Morgan fingerprint density at radius 1 is 1.00 bits per heavy atom. The molecule has 0 bridgehead atoms. The van der Waals surface area contributed by atoms with E-state index in [4.69, 9.17) is 4.98 Å². The van der Waals surface area contributed by atoms with Crippen molar-refractivity contribution in [3.63, 3.8) is 0 Å². The normalized spacial score (nSPS) is 10.6. The number of imidazole rings is 1. The number of rotatable bonds is 3. The predicted octanol–water partition coefficient (Wildman–Crippen LogP) is 3.37. The summed E-state index contributed by atoms with van der Waals surface area (Å²) in [6.45, 7) is 2.06. The molecular formula is C16H15N3. The molecule has 19 heavy (non-hydrogen) atoms. The van der Waals surface area contributed by atoms with Crippen molar-refractivity contribution in [1.82, 2.24) is 15.0 Å². The van der Waals surface area contributed by atoms with E-state index in [1.165, 1.54) is 5.56 Å². The Hall–Kier alpha value is -2.42. The molecule has 0 spiro atoms. The molecule has 1 N–H and O–H groups in total. The van der Waals surface area contributed by atoms with Crippen molar-refractivity contribution in [2.45, 2.75) is 13.3 Å². The van der Waals surface area contributed by atoms with Crippen LogP contribution >= 0.6 is 0 Å². The first-order valence-corrected chi connectivity index (χ1v) is 6.33. The summed E-state index contributed by atoms with van der Waals surface area (Å²) in [7, 11) is 0. The number of pyridine rings is 1. The number of aromatic nitrogens is 3. The van der Waals surface area contributed by atoms with Gasteiger partial charge >= 0.3 is 0 Å². The monoisotopic (exact) mass is 249 g/mol. The van der Waals surface area contributed by atoms with E-state index in [-0.39, 0.29) is 0 Å². The molecule has 0 unspecified atom stereocenters. The van der Waals surface area contributed by atoms with Crippen molar-refractivity contribution < 1.29 is 0 Å². The molecule has 0 atom stereocenters. The number of nitrogens with one attached hydrogen (secondary N) is 1. The van der Waals surface area contributed by atoms with Crippen molar-refractivity contribution in [3.8, 4) is 11.3 Å². The molecule has 3 aromatic rings. The van der Waals surface area contributed by atoms with Crippen LogP contribution < -0.4 is 0 Å². The van der Waals surface area contributed by atoms with Gasteiger partial charge in [0.25, 0.3) is 0 Å². The Bertz CT molecular complexity index is 657. The molecule has 3 heteroatoms. The van der Waals surface area contributed by atoms with Crippen LogP contribution in [0.2, 0.25) is 0 Å². The van der Waals surface area contributed by atoms with Crippen LogP contribution in [-0.4, -0.2) is 15.0 Å². The zero-order valence-corrected chi connectivity index (χ0v) is 10.8. The smallest absolute Gasteiger partial charge is 0.111 e. The first-order valence-electron chi connectivity index (χ1n) is 6.33. The fraction of sp³-hybridized carbons (Fsp3) is 0.125. The second-order valence-electron chi connectivity index (χ2n) is 4.56. The summed E-state index contributed by atoms with van der Waals surface area (Å²) in [6, 6.07) is 14.3. The highest BCUT2D eigenvalue weighted by Crippen LogP contribution is 2.21. The maximum atomic E-state index is 4.70. The molecule has 0 aliphatic heterocycles. The largest absolute Gasteiger partial charge is 0.345 e. The van der Waals surface area contributed by atoms with Gasteiger partial charge in [-0.15, -0.1) is 0 Å². The van der Waals surface area contributed by atoms with Crippen molar-refractivity contribution in [2.75, 3.05) is 0 Å². The van der Waals surface area contributed by atoms with Gasteiger partial charge in [0.05, 0.1) is 5.69 Å². The first-order chi connectivity index (χ1) is 9.33. The first kappa shape index (κ1) is 11.7. The maximum absolute atomic E-state index is 4.70. The van der Waals surface area contributed by atoms with E-state index in [9.17, 15) is 0 Å². The summed E-state index contributed by atoms with van der Waals surface area (Å²) >= 11 is 0. The number of aromatic amines is 1. The van der Waals surface area contributed by atoms with Gasteiger partial charge in [-0.3, -0.25) is 4.98 Å². The highest BCUT2D eigenvalue weighted by Gasteiger charge is 2.08. The van der Waals surface area contributed by atoms with E-state index in [1.54, 1.807) is 0 Å². The fourth-order valence-electron chi connectivity index (χ4n) is 2.18. The molecule has 0 aliphatic carbocycles. The topological polar surface area (TPSA) is 41.6 Å². The molecule has 1 aromatic carbocycles. The van der Waals surface area contributed by atoms with Gasteiger partial charge in [0, 0.05) is 30.1 Å². The third-order valence-electron chi connectivity index (χ3n) is 3.10. The van der Waals surface area contributed by atoms with E-state index in [1.807, 2.05) is 42.7 Å². The van der Waals surface area contributed by atoms with Crippen LogP contribution in [0.5, 0.6) is 0 Å². The lowest BCUT2D eigenvalue weighted by Crippen LogP contribution is -1.90. The number of aryl methyl sites for hydroxylation is 1. The van der Waals surface area contributed by atoms with Crippen LogP contribution in [-0.2, 0) is 6.42 Å². The minimum atomic E-state index is 0.802. The maximum Gasteiger partial charge on any atom is 0.111 e. The minimum absolute atomic E-state index is 0.802. The predicted molar refractivity (Wildman–Crippen MR) is 75.8 cm³/mol. The van der Waals surface area contributed by atoms with E-state index >= 15 is 0 Å². The van der Waals surface area contributed by atoms with Crippen molar-refractivity contribution in [1.29, 1.82) is 0 Å². The lowest BCUT2D eigenvalue weighted by atomic mass is 10.1. The van der Waals surface area contributed by atoms with Gasteiger partial charge < -0.3 is 4.98 Å². The Labute approximate surface area is 112 Å².